The van der Waals surface area contributed by atoms with Crippen molar-refractivity contribution in [1.82, 2.24) is 9.97 Å². The molecule has 0 bridgehead atoms. The van der Waals surface area contributed by atoms with Gasteiger partial charge in [-0.1, -0.05) is 6.92 Å². The maximum Gasteiger partial charge on any atom is 0.221 e. The molecule has 0 aliphatic rings. The Balaban J connectivity index is 2.11. The van der Waals surface area contributed by atoms with Crippen molar-refractivity contribution in [2.75, 3.05) is 25.5 Å². The molecular formula is C15H20N4O. The lowest BCUT2D eigenvalue weighted by Gasteiger charge is -2.11. The number of aromatic nitrogens is 2. The summed E-state index contributed by atoms with van der Waals surface area (Å²) in [6, 6.07) is 7.80. The number of pyridine rings is 2. The second kappa shape index (κ2) is 6.86. The van der Waals surface area contributed by atoms with Crippen molar-refractivity contribution in [3.05, 3.63) is 36.7 Å². The van der Waals surface area contributed by atoms with Crippen LogP contribution in [0.4, 0.5) is 5.82 Å². The first kappa shape index (κ1) is 14.3. The van der Waals surface area contributed by atoms with E-state index in [0.717, 1.165) is 23.5 Å². The fourth-order valence-corrected chi connectivity index (χ4v) is 1.79. The van der Waals surface area contributed by atoms with Gasteiger partial charge in [0.15, 0.2) is 0 Å². The van der Waals surface area contributed by atoms with E-state index in [1.54, 1.807) is 13.3 Å². The molecule has 1 atom stereocenters. The maximum atomic E-state index is 5.59. The van der Waals surface area contributed by atoms with Crippen molar-refractivity contribution in [3.63, 3.8) is 0 Å². The highest BCUT2D eigenvalue weighted by atomic mass is 16.5. The summed E-state index contributed by atoms with van der Waals surface area (Å²) in [7, 11) is 1.61. The van der Waals surface area contributed by atoms with E-state index in [0.29, 0.717) is 18.3 Å². The van der Waals surface area contributed by atoms with Gasteiger partial charge in [0.2, 0.25) is 5.88 Å². The summed E-state index contributed by atoms with van der Waals surface area (Å²) in [5, 5.41) is 3.26. The smallest absolute Gasteiger partial charge is 0.221 e. The molecule has 20 heavy (non-hydrogen) atoms. The number of hydrogen-bond donors (Lipinski definition) is 2. The lowest BCUT2D eigenvalue weighted by molar-refractivity contribution is 0.399. The third-order valence-corrected chi connectivity index (χ3v) is 3.07. The monoisotopic (exact) mass is 272 g/mol. The van der Waals surface area contributed by atoms with Gasteiger partial charge >= 0.3 is 0 Å². The summed E-state index contributed by atoms with van der Waals surface area (Å²) in [4.78, 5) is 8.59. The third kappa shape index (κ3) is 3.45. The number of rotatable bonds is 6. The van der Waals surface area contributed by atoms with Crippen LogP contribution in [0, 0.1) is 5.92 Å². The predicted molar refractivity (Wildman–Crippen MR) is 80.7 cm³/mol. The standard InChI is InChI=1S/C15H20N4O/c1-11(8-16)9-18-14-6-5-12(10-19-14)13-4-3-7-17-15(13)20-2/h3-7,10-11H,8-9,16H2,1-2H3,(H,18,19). The molecule has 1 unspecified atom stereocenters. The van der Waals surface area contributed by atoms with E-state index in [-0.39, 0.29) is 0 Å². The van der Waals surface area contributed by atoms with Crippen molar-refractivity contribution in [2.45, 2.75) is 6.92 Å². The van der Waals surface area contributed by atoms with Gasteiger partial charge in [-0.3, -0.25) is 0 Å². The zero-order chi connectivity index (χ0) is 14.4. The highest BCUT2D eigenvalue weighted by Gasteiger charge is 2.07. The van der Waals surface area contributed by atoms with Crippen LogP contribution in [0.15, 0.2) is 36.7 Å². The van der Waals surface area contributed by atoms with Crippen LogP contribution in [-0.2, 0) is 0 Å². The molecule has 0 amide bonds. The SMILES string of the molecule is COc1ncccc1-c1ccc(NCC(C)CN)nc1. The van der Waals surface area contributed by atoms with Gasteiger partial charge < -0.3 is 15.8 Å². The quantitative estimate of drug-likeness (QED) is 0.843. The van der Waals surface area contributed by atoms with E-state index in [4.69, 9.17) is 10.5 Å². The summed E-state index contributed by atoms with van der Waals surface area (Å²) in [6.45, 7) is 3.58. The number of nitrogens with one attached hydrogen (secondary N) is 1. The average molecular weight is 272 g/mol. The third-order valence-electron chi connectivity index (χ3n) is 3.07. The minimum Gasteiger partial charge on any atom is -0.481 e. The summed E-state index contributed by atoms with van der Waals surface area (Å²) in [5.74, 6) is 1.87. The number of nitrogens with two attached hydrogens (primary N) is 1. The van der Waals surface area contributed by atoms with E-state index in [2.05, 4.69) is 22.2 Å². The van der Waals surface area contributed by atoms with Crippen molar-refractivity contribution in [3.8, 4) is 17.0 Å². The van der Waals surface area contributed by atoms with Crippen LogP contribution in [0.5, 0.6) is 5.88 Å². The fourth-order valence-electron chi connectivity index (χ4n) is 1.79. The van der Waals surface area contributed by atoms with Gasteiger partial charge in [0, 0.05) is 30.1 Å². The van der Waals surface area contributed by atoms with Crippen LogP contribution >= 0.6 is 0 Å². The van der Waals surface area contributed by atoms with Crippen LogP contribution in [0.3, 0.4) is 0 Å². The summed E-state index contributed by atoms with van der Waals surface area (Å²) in [6.07, 6.45) is 3.52. The van der Waals surface area contributed by atoms with Crippen LogP contribution in [0.25, 0.3) is 11.1 Å². The van der Waals surface area contributed by atoms with Gasteiger partial charge in [-0.15, -0.1) is 0 Å². The Hall–Kier alpha value is -2.14. The van der Waals surface area contributed by atoms with Crippen molar-refractivity contribution < 1.29 is 4.74 Å². The molecule has 0 saturated heterocycles. The van der Waals surface area contributed by atoms with Gasteiger partial charge in [0.05, 0.1) is 7.11 Å². The van der Waals surface area contributed by atoms with Crippen LogP contribution in [0.1, 0.15) is 6.92 Å². The van der Waals surface area contributed by atoms with Crippen LogP contribution in [-0.4, -0.2) is 30.2 Å². The van der Waals surface area contributed by atoms with Gasteiger partial charge in [0.25, 0.3) is 0 Å². The maximum absolute atomic E-state index is 5.59. The Morgan fingerprint density at radius 3 is 2.80 bits per heavy atom. The topological polar surface area (TPSA) is 73.1 Å². The summed E-state index contributed by atoms with van der Waals surface area (Å²) < 4.78 is 5.26. The molecule has 0 fully saturated rings. The highest BCUT2D eigenvalue weighted by molar-refractivity contribution is 5.68. The van der Waals surface area contributed by atoms with E-state index in [1.807, 2.05) is 30.5 Å². The zero-order valence-corrected chi connectivity index (χ0v) is 11.8. The van der Waals surface area contributed by atoms with Crippen molar-refractivity contribution in [1.29, 1.82) is 0 Å². The normalized spacial score (nSPS) is 11.9. The summed E-state index contributed by atoms with van der Waals surface area (Å²) in [5.41, 5.74) is 7.50. The number of nitrogens with zero attached hydrogens (tertiary/aromatic N) is 2. The predicted octanol–water partition coefficient (Wildman–Crippen LogP) is 2.16. The second-order valence-corrected chi connectivity index (χ2v) is 4.71. The minimum atomic E-state index is 0.426. The van der Waals surface area contributed by atoms with Crippen LogP contribution < -0.4 is 15.8 Å². The first-order chi connectivity index (χ1) is 9.74. The van der Waals surface area contributed by atoms with Gasteiger partial charge in [-0.25, -0.2) is 9.97 Å². The molecule has 0 aliphatic carbocycles. The van der Waals surface area contributed by atoms with Crippen LogP contribution in [0.2, 0.25) is 0 Å². The van der Waals surface area contributed by atoms with Crippen molar-refractivity contribution >= 4 is 5.82 Å². The van der Waals surface area contributed by atoms with Gasteiger partial charge in [0.1, 0.15) is 5.82 Å². The lowest BCUT2D eigenvalue weighted by Crippen LogP contribution is -2.20. The Morgan fingerprint density at radius 2 is 2.15 bits per heavy atom. The highest BCUT2D eigenvalue weighted by Crippen LogP contribution is 2.27. The fraction of sp³-hybridized carbons (Fsp3) is 0.333. The molecular weight excluding hydrogens is 252 g/mol. The Labute approximate surface area is 119 Å². The molecule has 5 heteroatoms. The van der Waals surface area contributed by atoms with E-state index < -0.39 is 0 Å². The number of ether oxygens (including phenoxy) is 1. The minimum absolute atomic E-state index is 0.426. The molecule has 3 N–H and O–H groups in total. The Kier molecular flexibility index (Phi) is 4.90. The van der Waals surface area contributed by atoms with Crippen molar-refractivity contribution in [2.24, 2.45) is 11.7 Å². The lowest BCUT2D eigenvalue weighted by atomic mass is 10.1. The number of hydrogen-bond acceptors (Lipinski definition) is 5. The molecule has 2 rings (SSSR count). The largest absolute Gasteiger partial charge is 0.481 e. The molecule has 0 saturated carbocycles. The van der Waals surface area contributed by atoms with E-state index in [9.17, 15) is 0 Å². The average Bonchev–Trinajstić information content (AvgIpc) is 2.53. The van der Waals surface area contributed by atoms with Gasteiger partial charge in [-0.2, -0.15) is 0 Å². The number of anilines is 1. The molecule has 2 heterocycles. The van der Waals surface area contributed by atoms with E-state index >= 15 is 0 Å². The molecule has 0 radical (unpaired) electrons. The second-order valence-electron chi connectivity index (χ2n) is 4.71. The summed E-state index contributed by atoms with van der Waals surface area (Å²) >= 11 is 0. The Bertz CT molecular complexity index is 542. The number of methoxy groups -OCH3 is 1. The first-order valence-corrected chi connectivity index (χ1v) is 6.64. The molecule has 0 aliphatic heterocycles. The molecule has 106 valence electrons. The molecule has 5 nitrogen and oxygen atoms in total. The molecule has 2 aromatic rings. The van der Waals surface area contributed by atoms with E-state index in [1.165, 1.54) is 0 Å². The molecule has 0 aromatic carbocycles. The molecule has 0 spiro atoms. The molecule has 2 aromatic heterocycles. The van der Waals surface area contributed by atoms with Gasteiger partial charge in [-0.05, 0) is 36.7 Å². The zero-order valence-electron chi connectivity index (χ0n) is 11.8. The first-order valence-electron chi connectivity index (χ1n) is 6.64. The Morgan fingerprint density at radius 1 is 1.30 bits per heavy atom.